The van der Waals surface area contributed by atoms with Crippen LogP contribution in [0, 0.1) is 0 Å². The van der Waals surface area contributed by atoms with E-state index in [4.69, 9.17) is 0 Å². The highest BCUT2D eigenvalue weighted by Gasteiger charge is 2.22. The highest BCUT2D eigenvalue weighted by atomic mass is 16.1. The minimum atomic E-state index is -0.379. The third-order valence-corrected chi connectivity index (χ3v) is 4.23. The molecule has 3 rings (SSSR count). The van der Waals surface area contributed by atoms with Crippen molar-refractivity contribution < 1.29 is 14.4 Å². The molecule has 28 heavy (non-hydrogen) atoms. The van der Waals surface area contributed by atoms with E-state index in [-0.39, 0.29) is 5.92 Å². The van der Waals surface area contributed by atoms with Crippen molar-refractivity contribution in [2.45, 2.75) is 5.92 Å². The molecule has 6 nitrogen and oxygen atoms in total. The number of benzene rings is 3. The topological polar surface area (TPSA) is 88.3 Å². The first-order valence-electron chi connectivity index (χ1n) is 8.30. The number of hydrogen-bond acceptors (Lipinski definition) is 6. The number of para-hydroxylation sites is 2. The van der Waals surface area contributed by atoms with Gasteiger partial charge in [-0.2, -0.15) is 15.0 Å². The van der Waals surface area contributed by atoms with Crippen molar-refractivity contribution in [2.75, 3.05) is 0 Å². The molecule has 0 bridgehead atoms. The van der Waals surface area contributed by atoms with Crippen LogP contribution in [0.15, 0.2) is 87.8 Å². The average molecular weight is 367 g/mol. The number of isocyanates is 3. The number of carbonyl (C=O) groups excluding carboxylic acids is 3. The molecule has 3 aromatic carbocycles. The predicted octanol–water partition coefficient (Wildman–Crippen LogP) is 4.77. The fourth-order valence-electron chi connectivity index (χ4n) is 3.09. The summed E-state index contributed by atoms with van der Waals surface area (Å²) in [4.78, 5) is 43.5. The van der Waals surface area contributed by atoms with Crippen molar-refractivity contribution in [2.24, 2.45) is 15.0 Å². The van der Waals surface area contributed by atoms with Crippen LogP contribution >= 0.6 is 0 Å². The second kappa shape index (κ2) is 8.95. The normalized spacial score (nSPS) is 10.7. The molecule has 0 N–H and O–H groups in total. The van der Waals surface area contributed by atoms with Crippen LogP contribution in [0.25, 0.3) is 0 Å². The molecule has 0 aliphatic heterocycles. The molecule has 134 valence electrons. The Balaban J connectivity index is 2.28. The van der Waals surface area contributed by atoms with Gasteiger partial charge >= 0.3 is 0 Å². The third kappa shape index (κ3) is 3.96. The monoisotopic (exact) mass is 367 g/mol. The lowest BCUT2D eigenvalue weighted by molar-refractivity contribution is 0.564. The van der Waals surface area contributed by atoms with E-state index < -0.39 is 0 Å². The smallest absolute Gasteiger partial charge is 0.211 e. The molecule has 3 aromatic rings. The summed E-state index contributed by atoms with van der Waals surface area (Å²) in [5.74, 6) is -0.379. The summed E-state index contributed by atoms with van der Waals surface area (Å²) >= 11 is 0. The van der Waals surface area contributed by atoms with Gasteiger partial charge in [0.2, 0.25) is 18.2 Å². The molecule has 0 radical (unpaired) electrons. The Hall–Kier alpha value is -4.20. The van der Waals surface area contributed by atoms with Gasteiger partial charge in [0, 0.05) is 5.92 Å². The predicted molar refractivity (Wildman–Crippen MR) is 104 cm³/mol. The van der Waals surface area contributed by atoms with Crippen molar-refractivity contribution in [3.05, 3.63) is 89.5 Å². The van der Waals surface area contributed by atoms with Crippen LogP contribution in [0.4, 0.5) is 17.1 Å². The SMILES string of the molecule is O=C=Nc1ccc(C(c2ccccc2N=C=O)c2ccccc2N=C=O)cc1. The van der Waals surface area contributed by atoms with E-state index >= 15 is 0 Å². The fraction of sp³-hybridized carbons (Fsp3) is 0.0455. The van der Waals surface area contributed by atoms with E-state index in [1.807, 2.05) is 36.4 Å². The molecule has 0 aliphatic rings. The summed E-state index contributed by atoms with van der Waals surface area (Å²) < 4.78 is 0. The summed E-state index contributed by atoms with van der Waals surface area (Å²) in [5, 5.41) is 0. The number of rotatable bonds is 6. The van der Waals surface area contributed by atoms with Gasteiger partial charge in [-0.15, -0.1) is 0 Å². The molecule has 0 unspecified atom stereocenters. The van der Waals surface area contributed by atoms with Gasteiger partial charge in [0.15, 0.2) is 0 Å². The number of aliphatic imine (C=N–C) groups is 3. The lowest BCUT2D eigenvalue weighted by Gasteiger charge is -2.21. The maximum Gasteiger partial charge on any atom is 0.240 e. The van der Waals surface area contributed by atoms with Crippen molar-refractivity contribution in [3.63, 3.8) is 0 Å². The van der Waals surface area contributed by atoms with Crippen molar-refractivity contribution >= 4 is 35.3 Å². The second-order valence-corrected chi connectivity index (χ2v) is 5.75. The molecule has 6 heteroatoms. The molecule has 0 amide bonds. The maximum atomic E-state index is 10.9. The molecule has 0 aliphatic carbocycles. The zero-order chi connectivity index (χ0) is 19.8. The third-order valence-electron chi connectivity index (χ3n) is 4.23. The highest BCUT2D eigenvalue weighted by Crippen LogP contribution is 2.41. The van der Waals surface area contributed by atoms with Gasteiger partial charge in [0.25, 0.3) is 0 Å². The molecule has 0 spiro atoms. The quantitative estimate of drug-likeness (QED) is 0.357. The van der Waals surface area contributed by atoms with E-state index in [0.29, 0.717) is 17.1 Å². The Bertz CT molecular complexity index is 1070. The van der Waals surface area contributed by atoms with Gasteiger partial charge in [0.1, 0.15) is 0 Å². The summed E-state index contributed by atoms with van der Waals surface area (Å²) in [5.41, 5.74) is 3.71. The van der Waals surface area contributed by atoms with Gasteiger partial charge < -0.3 is 0 Å². The van der Waals surface area contributed by atoms with Gasteiger partial charge in [-0.25, -0.2) is 14.4 Å². The van der Waals surface area contributed by atoms with Crippen LogP contribution in [0.2, 0.25) is 0 Å². The number of nitrogens with zero attached hydrogens (tertiary/aromatic N) is 3. The van der Waals surface area contributed by atoms with Crippen LogP contribution in [-0.4, -0.2) is 18.2 Å². The summed E-state index contributed by atoms with van der Waals surface area (Å²) in [6, 6.07) is 21.3. The summed E-state index contributed by atoms with van der Waals surface area (Å²) in [7, 11) is 0. The first kappa shape index (κ1) is 18.6. The molecule has 0 aromatic heterocycles. The zero-order valence-electron chi connectivity index (χ0n) is 14.6. The van der Waals surface area contributed by atoms with Crippen LogP contribution in [0.3, 0.4) is 0 Å². The Labute approximate surface area is 160 Å². The molecular weight excluding hydrogens is 354 g/mol. The minimum Gasteiger partial charge on any atom is -0.211 e. The lowest BCUT2D eigenvalue weighted by Crippen LogP contribution is -2.04. The first-order valence-corrected chi connectivity index (χ1v) is 8.30. The van der Waals surface area contributed by atoms with Crippen LogP contribution < -0.4 is 0 Å². The second-order valence-electron chi connectivity index (χ2n) is 5.75. The standard InChI is InChI=1S/C22H13N3O3/c26-13-23-17-11-9-16(10-12-17)22(18-5-1-3-7-20(18)24-14-27)19-6-2-4-8-21(19)25-15-28/h1-12,22H. The van der Waals surface area contributed by atoms with E-state index in [1.54, 1.807) is 48.6 Å². The maximum absolute atomic E-state index is 10.9. The van der Waals surface area contributed by atoms with Crippen molar-refractivity contribution in [1.82, 2.24) is 0 Å². The summed E-state index contributed by atoms with van der Waals surface area (Å²) in [6.45, 7) is 0. The average Bonchev–Trinajstić information content (AvgIpc) is 2.72. The molecule has 0 saturated carbocycles. The van der Waals surface area contributed by atoms with Gasteiger partial charge in [0.05, 0.1) is 17.1 Å². The first-order chi connectivity index (χ1) is 13.8. The fourth-order valence-corrected chi connectivity index (χ4v) is 3.09. The molecule has 0 saturated heterocycles. The van der Waals surface area contributed by atoms with E-state index in [1.165, 1.54) is 6.08 Å². The summed E-state index contributed by atoms with van der Waals surface area (Å²) in [6.07, 6.45) is 4.66. The van der Waals surface area contributed by atoms with Crippen molar-refractivity contribution in [3.8, 4) is 0 Å². The van der Waals surface area contributed by atoms with Crippen LogP contribution in [0.1, 0.15) is 22.6 Å². The molecule has 0 heterocycles. The van der Waals surface area contributed by atoms with Crippen LogP contribution in [-0.2, 0) is 14.4 Å². The van der Waals surface area contributed by atoms with Gasteiger partial charge in [-0.1, -0.05) is 48.5 Å². The molecular formula is C22H13N3O3. The lowest BCUT2D eigenvalue weighted by atomic mass is 9.83. The molecule has 0 atom stereocenters. The van der Waals surface area contributed by atoms with Gasteiger partial charge in [-0.3, -0.25) is 0 Å². The Morgan fingerprint density at radius 3 is 1.50 bits per heavy atom. The zero-order valence-corrected chi connectivity index (χ0v) is 14.6. The van der Waals surface area contributed by atoms with E-state index in [9.17, 15) is 14.4 Å². The minimum absolute atomic E-state index is 0.379. The van der Waals surface area contributed by atoms with Crippen LogP contribution in [0.5, 0.6) is 0 Å². The molecule has 0 fully saturated rings. The van der Waals surface area contributed by atoms with Gasteiger partial charge in [-0.05, 0) is 41.0 Å². The Morgan fingerprint density at radius 2 is 1.04 bits per heavy atom. The Kier molecular flexibility index (Phi) is 5.94. The Morgan fingerprint density at radius 1 is 0.571 bits per heavy atom. The van der Waals surface area contributed by atoms with E-state index in [2.05, 4.69) is 15.0 Å². The largest absolute Gasteiger partial charge is 0.240 e. The van der Waals surface area contributed by atoms with E-state index in [0.717, 1.165) is 16.7 Å². The number of hydrogen-bond donors (Lipinski definition) is 0. The van der Waals surface area contributed by atoms with Crippen molar-refractivity contribution in [1.29, 1.82) is 0 Å². The highest BCUT2D eigenvalue weighted by molar-refractivity contribution is 5.65.